The van der Waals surface area contributed by atoms with Crippen molar-refractivity contribution in [3.05, 3.63) is 29.3 Å². The summed E-state index contributed by atoms with van der Waals surface area (Å²) < 4.78 is 5.69. The summed E-state index contributed by atoms with van der Waals surface area (Å²) in [6, 6.07) is 6.50. The molecule has 0 aliphatic carbocycles. The number of fused-ring (bicyclic) bond motifs is 1. The molecule has 1 aromatic carbocycles. The van der Waals surface area contributed by atoms with E-state index in [1.807, 2.05) is 0 Å². The number of benzene rings is 1. The fourth-order valence-corrected chi connectivity index (χ4v) is 2.04. The van der Waals surface area contributed by atoms with Crippen molar-refractivity contribution in [1.82, 2.24) is 0 Å². The second kappa shape index (κ2) is 3.77. The Morgan fingerprint density at radius 3 is 2.62 bits per heavy atom. The molecule has 0 amide bonds. The molecule has 0 saturated carbocycles. The van der Waals surface area contributed by atoms with Gasteiger partial charge in [0.15, 0.2) is 0 Å². The van der Waals surface area contributed by atoms with Gasteiger partial charge in [0.2, 0.25) is 0 Å². The van der Waals surface area contributed by atoms with Crippen molar-refractivity contribution in [3.63, 3.8) is 0 Å². The van der Waals surface area contributed by atoms with Gasteiger partial charge in [0.25, 0.3) is 0 Å². The van der Waals surface area contributed by atoms with E-state index in [4.69, 9.17) is 10.5 Å². The molecule has 0 radical (unpaired) electrons. The van der Waals surface area contributed by atoms with Gasteiger partial charge in [-0.05, 0) is 23.1 Å². The highest BCUT2D eigenvalue weighted by Crippen LogP contribution is 2.36. The van der Waals surface area contributed by atoms with E-state index in [1.165, 1.54) is 5.56 Å². The van der Waals surface area contributed by atoms with Gasteiger partial charge in [-0.1, -0.05) is 33.8 Å². The van der Waals surface area contributed by atoms with E-state index in [0.29, 0.717) is 5.92 Å². The number of ether oxygens (including phenoxy) is 1. The summed E-state index contributed by atoms with van der Waals surface area (Å²) in [7, 11) is 0. The average molecular weight is 219 g/mol. The second-order valence-corrected chi connectivity index (χ2v) is 5.82. The number of hydrogen-bond donors (Lipinski definition) is 1. The maximum atomic E-state index is 6.22. The molecule has 0 bridgehead atoms. The highest BCUT2D eigenvalue weighted by atomic mass is 16.5. The van der Waals surface area contributed by atoms with E-state index in [2.05, 4.69) is 45.9 Å². The molecule has 1 heterocycles. The SMILES string of the molecule is CC1COc2ccc(C(C)(C)C)cc2C1N. The first-order valence-electron chi connectivity index (χ1n) is 5.92. The zero-order valence-corrected chi connectivity index (χ0v) is 10.6. The second-order valence-electron chi connectivity index (χ2n) is 5.82. The molecule has 16 heavy (non-hydrogen) atoms. The summed E-state index contributed by atoms with van der Waals surface area (Å²) in [5, 5.41) is 0. The molecule has 0 saturated heterocycles. The van der Waals surface area contributed by atoms with Gasteiger partial charge >= 0.3 is 0 Å². The lowest BCUT2D eigenvalue weighted by Crippen LogP contribution is -2.29. The smallest absolute Gasteiger partial charge is 0.124 e. The van der Waals surface area contributed by atoms with Gasteiger partial charge in [0.05, 0.1) is 6.61 Å². The van der Waals surface area contributed by atoms with Crippen molar-refractivity contribution in [1.29, 1.82) is 0 Å². The monoisotopic (exact) mass is 219 g/mol. The van der Waals surface area contributed by atoms with Crippen molar-refractivity contribution in [3.8, 4) is 5.75 Å². The Balaban J connectivity index is 2.45. The molecule has 0 spiro atoms. The van der Waals surface area contributed by atoms with Crippen LogP contribution in [-0.2, 0) is 5.41 Å². The molecule has 2 rings (SSSR count). The van der Waals surface area contributed by atoms with Crippen LogP contribution in [0, 0.1) is 5.92 Å². The first-order chi connectivity index (χ1) is 7.39. The fraction of sp³-hybridized carbons (Fsp3) is 0.571. The highest BCUT2D eigenvalue weighted by molar-refractivity contribution is 5.42. The number of nitrogens with two attached hydrogens (primary N) is 1. The van der Waals surface area contributed by atoms with Gasteiger partial charge in [-0.25, -0.2) is 0 Å². The summed E-state index contributed by atoms with van der Waals surface area (Å²) in [5.41, 5.74) is 8.86. The number of rotatable bonds is 0. The zero-order chi connectivity index (χ0) is 11.9. The van der Waals surface area contributed by atoms with Crippen molar-refractivity contribution < 1.29 is 4.74 Å². The lowest BCUT2D eigenvalue weighted by atomic mass is 9.83. The third-order valence-corrected chi connectivity index (χ3v) is 3.35. The van der Waals surface area contributed by atoms with Gasteiger partial charge < -0.3 is 10.5 Å². The number of hydrogen-bond acceptors (Lipinski definition) is 2. The van der Waals surface area contributed by atoms with E-state index < -0.39 is 0 Å². The molecule has 2 unspecified atom stereocenters. The van der Waals surface area contributed by atoms with Crippen molar-refractivity contribution in [2.75, 3.05) is 6.61 Å². The molecular weight excluding hydrogens is 198 g/mol. The summed E-state index contributed by atoms with van der Waals surface area (Å²) in [6.45, 7) is 9.51. The molecule has 1 aromatic rings. The van der Waals surface area contributed by atoms with Crippen LogP contribution in [-0.4, -0.2) is 6.61 Å². The Bertz CT molecular complexity index is 392. The molecule has 88 valence electrons. The first kappa shape index (κ1) is 11.5. The quantitative estimate of drug-likeness (QED) is 0.728. The summed E-state index contributed by atoms with van der Waals surface area (Å²) in [4.78, 5) is 0. The van der Waals surface area contributed by atoms with Crippen LogP contribution in [0.25, 0.3) is 0 Å². The fourth-order valence-electron chi connectivity index (χ4n) is 2.04. The van der Waals surface area contributed by atoms with Crippen molar-refractivity contribution >= 4 is 0 Å². The summed E-state index contributed by atoms with van der Waals surface area (Å²) in [6.07, 6.45) is 0. The average Bonchev–Trinajstić information content (AvgIpc) is 2.22. The van der Waals surface area contributed by atoms with Gasteiger partial charge in [-0.2, -0.15) is 0 Å². The Kier molecular flexibility index (Phi) is 2.70. The zero-order valence-electron chi connectivity index (χ0n) is 10.6. The van der Waals surface area contributed by atoms with E-state index >= 15 is 0 Å². The van der Waals surface area contributed by atoms with Gasteiger partial charge in [0.1, 0.15) is 5.75 Å². The molecule has 1 aliphatic rings. The van der Waals surface area contributed by atoms with Crippen LogP contribution in [0.5, 0.6) is 5.75 Å². The van der Waals surface area contributed by atoms with Crippen LogP contribution in [0.15, 0.2) is 18.2 Å². The molecule has 2 heteroatoms. The lowest BCUT2D eigenvalue weighted by molar-refractivity contribution is 0.207. The van der Waals surface area contributed by atoms with Crippen LogP contribution in [0.3, 0.4) is 0 Å². The third kappa shape index (κ3) is 1.94. The van der Waals surface area contributed by atoms with Crippen LogP contribution in [0.1, 0.15) is 44.9 Å². The minimum Gasteiger partial charge on any atom is -0.493 e. The van der Waals surface area contributed by atoms with E-state index in [1.54, 1.807) is 0 Å². The van der Waals surface area contributed by atoms with E-state index in [9.17, 15) is 0 Å². The molecule has 2 atom stereocenters. The van der Waals surface area contributed by atoms with E-state index in [0.717, 1.165) is 17.9 Å². The summed E-state index contributed by atoms with van der Waals surface area (Å²) in [5.74, 6) is 1.35. The molecular formula is C14H21NO. The Hall–Kier alpha value is -1.02. The van der Waals surface area contributed by atoms with Gasteiger partial charge in [-0.3, -0.25) is 0 Å². The summed E-state index contributed by atoms with van der Waals surface area (Å²) >= 11 is 0. The Morgan fingerprint density at radius 1 is 1.31 bits per heavy atom. The van der Waals surface area contributed by atoms with Gasteiger partial charge in [0, 0.05) is 17.5 Å². The molecule has 1 aliphatic heterocycles. The third-order valence-electron chi connectivity index (χ3n) is 3.35. The standard InChI is InChI=1S/C14H21NO/c1-9-8-16-12-6-5-10(14(2,3)4)7-11(12)13(9)15/h5-7,9,13H,8,15H2,1-4H3. The Labute approximate surface area is 97.8 Å². The molecule has 0 fully saturated rings. The topological polar surface area (TPSA) is 35.2 Å². The molecule has 0 aromatic heterocycles. The lowest BCUT2D eigenvalue weighted by Gasteiger charge is -2.30. The molecule has 2 N–H and O–H groups in total. The van der Waals surface area contributed by atoms with Crippen LogP contribution in [0.2, 0.25) is 0 Å². The minimum absolute atomic E-state index is 0.103. The van der Waals surface area contributed by atoms with Crippen LogP contribution < -0.4 is 10.5 Å². The van der Waals surface area contributed by atoms with Crippen molar-refractivity contribution in [2.24, 2.45) is 11.7 Å². The maximum Gasteiger partial charge on any atom is 0.124 e. The minimum atomic E-state index is 0.103. The predicted molar refractivity (Wildman–Crippen MR) is 66.7 cm³/mol. The maximum absolute atomic E-state index is 6.22. The highest BCUT2D eigenvalue weighted by Gasteiger charge is 2.26. The van der Waals surface area contributed by atoms with E-state index in [-0.39, 0.29) is 11.5 Å². The largest absolute Gasteiger partial charge is 0.493 e. The normalized spacial score (nSPS) is 24.8. The van der Waals surface area contributed by atoms with Gasteiger partial charge in [-0.15, -0.1) is 0 Å². The first-order valence-corrected chi connectivity index (χ1v) is 5.92. The van der Waals surface area contributed by atoms with Crippen molar-refractivity contribution in [2.45, 2.75) is 39.2 Å². The Morgan fingerprint density at radius 2 is 2.00 bits per heavy atom. The van der Waals surface area contributed by atoms with Crippen LogP contribution in [0.4, 0.5) is 0 Å². The van der Waals surface area contributed by atoms with Crippen LogP contribution >= 0.6 is 0 Å². The molecule has 2 nitrogen and oxygen atoms in total. The predicted octanol–water partition coefficient (Wildman–Crippen LogP) is 3.01.